The zero-order chi connectivity index (χ0) is 14.8. The van der Waals surface area contributed by atoms with E-state index in [0.717, 1.165) is 17.7 Å². The lowest BCUT2D eigenvalue weighted by molar-refractivity contribution is 0.600. The van der Waals surface area contributed by atoms with Gasteiger partial charge in [-0.2, -0.15) is 0 Å². The second-order valence-corrected chi connectivity index (χ2v) is 6.14. The van der Waals surface area contributed by atoms with Crippen LogP contribution in [0.15, 0.2) is 42.5 Å². The van der Waals surface area contributed by atoms with E-state index in [1.54, 1.807) is 0 Å². The first-order valence-corrected chi connectivity index (χ1v) is 7.81. The molecule has 3 N–H and O–H groups in total. The largest absolute Gasteiger partial charge is 0.389 e. The molecule has 1 atom stereocenters. The van der Waals surface area contributed by atoms with Crippen LogP contribution in [0.1, 0.15) is 41.1 Å². The normalized spacial score (nSPS) is 17.1. The van der Waals surface area contributed by atoms with Gasteiger partial charge in [0.2, 0.25) is 0 Å². The highest BCUT2D eigenvalue weighted by molar-refractivity contribution is 7.80. The molecule has 0 fully saturated rings. The molecule has 0 saturated heterocycles. The van der Waals surface area contributed by atoms with Gasteiger partial charge in [0.05, 0.1) is 6.04 Å². The average molecular weight is 296 g/mol. The Morgan fingerprint density at radius 3 is 2.86 bits per heavy atom. The van der Waals surface area contributed by atoms with Gasteiger partial charge >= 0.3 is 0 Å². The van der Waals surface area contributed by atoms with E-state index >= 15 is 0 Å². The Morgan fingerprint density at radius 1 is 1.24 bits per heavy atom. The monoisotopic (exact) mass is 296 g/mol. The molecule has 2 aromatic carbocycles. The predicted octanol–water partition coefficient (Wildman–Crippen LogP) is 4.12. The molecule has 2 aromatic rings. The summed E-state index contributed by atoms with van der Waals surface area (Å²) in [5.41, 5.74) is 11.9. The van der Waals surface area contributed by atoms with Crippen molar-refractivity contribution in [2.75, 3.05) is 5.32 Å². The van der Waals surface area contributed by atoms with Crippen molar-refractivity contribution >= 4 is 22.9 Å². The fourth-order valence-corrected chi connectivity index (χ4v) is 3.26. The topological polar surface area (TPSA) is 38.0 Å². The molecule has 108 valence electrons. The van der Waals surface area contributed by atoms with Crippen molar-refractivity contribution in [3.8, 4) is 0 Å². The molecule has 2 nitrogen and oxygen atoms in total. The van der Waals surface area contributed by atoms with Gasteiger partial charge in [0.15, 0.2) is 0 Å². The summed E-state index contributed by atoms with van der Waals surface area (Å²) in [6.45, 7) is 2.09. The van der Waals surface area contributed by atoms with Crippen LogP contribution in [0.3, 0.4) is 0 Å². The van der Waals surface area contributed by atoms with Gasteiger partial charge in [-0.3, -0.25) is 0 Å². The summed E-state index contributed by atoms with van der Waals surface area (Å²) in [5.74, 6) is 0. The minimum atomic E-state index is 0.338. The van der Waals surface area contributed by atoms with Crippen LogP contribution < -0.4 is 11.1 Å². The molecule has 0 aromatic heterocycles. The SMILES string of the molecule is Cc1ccc(C(N)=S)c(NC2CCCc3ccccc32)c1. The van der Waals surface area contributed by atoms with Crippen molar-refractivity contribution in [2.24, 2.45) is 5.73 Å². The number of anilines is 1. The molecule has 1 aliphatic carbocycles. The van der Waals surface area contributed by atoms with Crippen LogP contribution in [0.25, 0.3) is 0 Å². The van der Waals surface area contributed by atoms with Crippen molar-refractivity contribution in [1.29, 1.82) is 0 Å². The molecule has 0 saturated carbocycles. The standard InChI is InChI=1S/C18H20N2S/c1-12-9-10-15(18(19)21)17(11-12)20-16-8-4-6-13-5-2-3-7-14(13)16/h2-3,5,7,9-11,16,20H,4,6,8H2,1H3,(H2,19,21). The van der Waals surface area contributed by atoms with Crippen LogP contribution >= 0.6 is 12.2 Å². The molecule has 0 bridgehead atoms. The second-order valence-electron chi connectivity index (χ2n) is 5.70. The van der Waals surface area contributed by atoms with E-state index in [1.165, 1.54) is 29.5 Å². The van der Waals surface area contributed by atoms with Crippen LogP contribution in [0.2, 0.25) is 0 Å². The van der Waals surface area contributed by atoms with E-state index in [0.29, 0.717) is 11.0 Å². The summed E-state index contributed by atoms with van der Waals surface area (Å²) >= 11 is 5.18. The van der Waals surface area contributed by atoms with Crippen molar-refractivity contribution in [3.63, 3.8) is 0 Å². The summed E-state index contributed by atoms with van der Waals surface area (Å²) in [5, 5.41) is 3.66. The van der Waals surface area contributed by atoms with Crippen LogP contribution in [0.5, 0.6) is 0 Å². The van der Waals surface area contributed by atoms with Crippen LogP contribution in [0.4, 0.5) is 5.69 Å². The highest BCUT2D eigenvalue weighted by Gasteiger charge is 2.20. The smallest absolute Gasteiger partial charge is 0.106 e. The zero-order valence-electron chi connectivity index (χ0n) is 12.2. The Bertz CT molecular complexity index is 679. The Morgan fingerprint density at radius 2 is 2.05 bits per heavy atom. The molecular formula is C18H20N2S. The summed E-state index contributed by atoms with van der Waals surface area (Å²) in [7, 11) is 0. The Labute approximate surface area is 131 Å². The maximum atomic E-state index is 5.86. The van der Waals surface area contributed by atoms with Crippen LogP contribution in [-0.2, 0) is 6.42 Å². The lowest BCUT2D eigenvalue weighted by Gasteiger charge is -2.28. The maximum Gasteiger partial charge on any atom is 0.106 e. The van der Waals surface area contributed by atoms with Crippen molar-refractivity contribution in [3.05, 3.63) is 64.7 Å². The van der Waals surface area contributed by atoms with E-state index < -0.39 is 0 Å². The Kier molecular flexibility index (Phi) is 3.93. The van der Waals surface area contributed by atoms with Gasteiger partial charge in [-0.15, -0.1) is 0 Å². The number of hydrogen-bond acceptors (Lipinski definition) is 2. The third-order valence-corrected chi connectivity index (χ3v) is 4.36. The highest BCUT2D eigenvalue weighted by atomic mass is 32.1. The lowest BCUT2D eigenvalue weighted by atomic mass is 9.87. The first-order chi connectivity index (χ1) is 10.1. The molecule has 1 unspecified atom stereocenters. The predicted molar refractivity (Wildman–Crippen MR) is 92.8 cm³/mol. The maximum absolute atomic E-state index is 5.86. The van der Waals surface area contributed by atoms with Gasteiger partial charge in [-0.25, -0.2) is 0 Å². The summed E-state index contributed by atoms with van der Waals surface area (Å²) < 4.78 is 0. The number of hydrogen-bond donors (Lipinski definition) is 2. The van der Waals surface area contributed by atoms with Gasteiger partial charge in [0, 0.05) is 11.3 Å². The van der Waals surface area contributed by atoms with Crippen molar-refractivity contribution in [1.82, 2.24) is 0 Å². The number of benzene rings is 2. The van der Waals surface area contributed by atoms with Gasteiger partial charge in [0.1, 0.15) is 4.99 Å². The third-order valence-electron chi connectivity index (χ3n) is 4.14. The summed E-state index contributed by atoms with van der Waals surface area (Å²) in [4.78, 5) is 0.446. The number of nitrogens with two attached hydrogens (primary N) is 1. The Hall–Kier alpha value is -1.87. The first kappa shape index (κ1) is 14.1. The minimum absolute atomic E-state index is 0.338. The number of thiocarbonyl (C=S) groups is 1. The fourth-order valence-electron chi connectivity index (χ4n) is 3.08. The molecule has 0 amide bonds. The minimum Gasteiger partial charge on any atom is -0.389 e. The molecule has 1 aliphatic rings. The molecule has 21 heavy (non-hydrogen) atoms. The van der Waals surface area contributed by atoms with Gasteiger partial charge in [0.25, 0.3) is 0 Å². The molecular weight excluding hydrogens is 276 g/mol. The fraction of sp³-hybridized carbons (Fsp3) is 0.278. The Balaban J connectivity index is 1.95. The molecule has 0 radical (unpaired) electrons. The second kappa shape index (κ2) is 5.86. The zero-order valence-corrected chi connectivity index (χ0v) is 13.0. The van der Waals surface area contributed by atoms with E-state index in [9.17, 15) is 0 Å². The quantitative estimate of drug-likeness (QED) is 0.837. The lowest BCUT2D eigenvalue weighted by Crippen LogP contribution is -2.20. The number of nitrogens with one attached hydrogen (secondary N) is 1. The number of aryl methyl sites for hydroxylation is 2. The molecule has 3 heteroatoms. The average Bonchev–Trinajstić information content (AvgIpc) is 2.47. The van der Waals surface area contributed by atoms with E-state index in [2.05, 4.69) is 48.6 Å². The first-order valence-electron chi connectivity index (χ1n) is 7.40. The molecule has 0 spiro atoms. The van der Waals surface area contributed by atoms with Crippen molar-refractivity contribution < 1.29 is 0 Å². The van der Waals surface area contributed by atoms with E-state index in [1.807, 2.05) is 6.07 Å². The molecule has 0 aliphatic heterocycles. The molecule has 3 rings (SSSR count). The van der Waals surface area contributed by atoms with Crippen molar-refractivity contribution in [2.45, 2.75) is 32.2 Å². The third kappa shape index (κ3) is 2.93. The summed E-state index contributed by atoms with van der Waals surface area (Å²) in [6, 6.07) is 15.2. The summed E-state index contributed by atoms with van der Waals surface area (Å²) in [6.07, 6.45) is 3.52. The number of fused-ring (bicyclic) bond motifs is 1. The van der Waals surface area contributed by atoms with Crippen LogP contribution in [0, 0.1) is 6.92 Å². The molecule has 0 heterocycles. The van der Waals surface area contributed by atoms with Gasteiger partial charge in [-0.05, 0) is 55.0 Å². The van der Waals surface area contributed by atoms with Crippen LogP contribution in [-0.4, -0.2) is 4.99 Å². The van der Waals surface area contributed by atoms with Gasteiger partial charge in [-0.1, -0.05) is 42.5 Å². The van der Waals surface area contributed by atoms with E-state index in [-0.39, 0.29) is 0 Å². The van der Waals surface area contributed by atoms with Gasteiger partial charge < -0.3 is 11.1 Å². The number of rotatable bonds is 3. The van der Waals surface area contributed by atoms with E-state index in [4.69, 9.17) is 18.0 Å². The highest BCUT2D eigenvalue weighted by Crippen LogP contribution is 2.33.